The van der Waals surface area contributed by atoms with Crippen molar-refractivity contribution in [3.63, 3.8) is 0 Å². The molecule has 110 valence electrons. The van der Waals surface area contributed by atoms with Gasteiger partial charge >= 0.3 is 5.97 Å². The second kappa shape index (κ2) is 5.85. The zero-order chi connectivity index (χ0) is 15.6. The van der Waals surface area contributed by atoms with E-state index in [1.54, 1.807) is 0 Å². The van der Waals surface area contributed by atoms with E-state index < -0.39 is 5.97 Å². The molecular formula is C16H16BrNO3. The number of hydrogen-bond donors (Lipinski definition) is 1. The van der Waals surface area contributed by atoms with Crippen LogP contribution < -0.4 is 4.74 Å². The number of carbonyl (C=O) groups is 1. The standard InChI is InChI=1S/C16H16BrNO3/c1-16(2,3)10-4-6-12(7-5-10)21-14-13(15(19)20)8-11(17)9-18-14/h4-9H,1-3H3,(H,19,20). The molecule has 1 heterocycles. The summed E-state index contributed by atoms with van der Waals surface area (Å²) in [4.78, 5) is 15.2. The third kappa shape index (κ3) is 3.82. The average molecular weight is 350 g/mol. The van der Waals surface area contributed by atoms with E-state index in [1.165, 1.54) is 17.8 Å². The van der Waals surface area contributed by atoms with E-state index in [-0.39, 0.29) is 16.9 Å². The molecular weight excluding hydrogens is 334 g/mol. The Hall–Kier alpha value is -1.88. The minimum Gasteiger partial charge on any atom is -0.477 e. The molecule has 0 aliphatic rings. The van der Waals surface area contributed by atoms with E-state index in [2.05, 4.69) is 41.7 Å². The molecule has 5 heteroatoms. The van der Waals surface area contributed by atoms with Crippen LogP contribution in [0.3, 0.4) is 0 Å². The van der Waals surface area contributed by atoms with Crippen molar-refractivity contribution < 1.29 is 14.6 Å². The minimum absolute atomic E-state index is 0.0178. The molecule has 2 rings (SSSR count). The summed E-state index contributed by atoms with van der Waals surface area (Å²) in [6.07, 6.45) is 1.51. The Morgan fingerprint density at radius 3 is 2.38 bits per heavy atom. The van der Waals surface area contributed by atoms with Gasteiger partial charge in [-0.2, -0.15) is 0 Å². The third-order valence-corrected chi connectivity index (χ3v) is 3.42. The Labute approximate surface area is 131 Å². The molecule has 0 fully saturated rings. The Morgan fingerprint density at radius 1 is 1.24 bits per heavy atom. The molecule has 0 aliphatic carbocycles. The first-order valence-electron chi connectivity index (χ1n) is 6.44. The lowest BCUT2D eigenvalue weighted by Gasteiger charge is -2.19. The number of carboxylic acids is 1. The number of ether oxygens (including phenoxy) is 1. The second-order valence-corrected chi connectivity index (χ2v) is 6.60. The highest BCUT2D eigenvalue weighted by Gasteiger charge is 2.16. The lowest BCUT2D eigenvalue weighted by molar-refractivity contribution is 0.0693. The van der Waals surface area contributed by atoms with Crippen LogP contribution in [0.4, 0.5) is 0 Å². The van der Waals surface area contributed by atoms with Crippen LogP contribution in [0.25, 0.3) is 0 Å². The van der Waals surface area contributed by atoms with E-state index >= 15 is 0 Å². The van der Waals surface area contributed by atoms with Gasteiger partial charge in [0.25, 0.3) is 0 Å². The lowest BCUT2D eigenvalue weighted by atomic mass is 9.87. The van der Waals surface area contributed by atoms with Crippen molar-refractivity contribution in [1.82, 2.24) is 4.98 Å². The predicted octanol–water partition coefficient (Wildman–Crippen LogP) is 4.63. The van der Waals surface area contributed by atoms with Gasteiger partial charge in [-0.1, -0.05) is 32.9 Å². The molecule has 21 heavy (non-hydrogen) atoms. The Morgan fingerprint density at radius 2 is 1.86 bits per heavy atom. The number of pyridine rings is 1. The maximum Gasteiger partial charge on any atom is 0.341 e. The monoisotopic (exact) mass is 349 g/mol. The van der Waals surface area contributed by atoms with E-state index in [9.17, 15) is 9.90 Å². The first kappa shape index (κ1) is 15.5. The molecule has 0 aliphatic heterocycles. The van der Waals surface area contributed by atoms with Crippen molar-refractivity contribution in [2.75, 3.05) is 0 Å². The molecule has 0 atom stereocenters. The third-order valence-electron chi connectivity index (χ3n) is 2.98. The summed E-state index contributed by atoms with van der Waals surface area (Å²) < 4.78 is 6.17. The molecule has 0 saturated carbocycles. The van der Waals surface area contributed by atoms with Gasteiger partial charge in [0.2, 0.25) is 5.88 Å². The molecule has 4 nitrogen and oxygen atoms in total. The SMILES string of the molecule is CC(C)(C)c1ccc(Oc2ncc(Br)cc2C(=O)O)cc1. The Balaban J connectivity index is 2.28. The summed E-state index contributed by atoms with van der Waals surface area (Å²) in [6, 6.07) is 9.03. The van der Waals surface area contributed by atoms with Gasteiger partial charge in [0, 0.05) is 10.7 Å². The van der Waals surface area contributed by atoms with Gasteiger partial charge in [-0.15, -0.1) is 0 Å². The molecule has 0 spiro atoms. The molecule has 0 unspecified atom stereocenters. The van der Waals surface area contributed by atoms with Crippen LogP contribution in [0.1, 0.15) is 36.7 Å². The fraction of sp³-hybridized carbons (Fsp3) is 0.250. The summed E-state index contributed by atoms with van der Waals surface area (Å²) in [6.45, 7) is 6.38. The van der Waals surface area contributed by atoms with Gasteiger partial charge in [-0.25, -0.2) is 9.78 Å². The normalized spacial score (nSPS) is 11.2. The van der Waals surface area contributed by atoms with Gasteiger partial charge in [-0.3, -0.25) is 0 Å². The van der Waals surface area contributed by atoms with Crippen molar-refractivity contribution in [2.45, 2.75) is 26.2 Å². The second-order valence-electron chi connectivity index (χ2n) is 5.69. The maximum absolute atomic E-state index is 11.2. The highest BCUT2D eigenvalue weighted by atomic mass is 79.9. The zero-order valence-corrected chi connectivity index (χ0v) is 13.6. The van der Waals surface area contributed by atoms with Crippen molar-refractivity contribution in [1.29, 1.82) is 0 Å². The summed E-state index contributed by atoms with van der Waals surface area (Å²) in [5, 5.41) is 9.18. The van der Waals surface area contributed by atoms with Crippen molar-refractivity contribution in [3.8, 4) is 11.6 Å². The van der Waals surface area contributed by atoms with Crippen LogP contribution in [-0.4, -0.2) is 16.1 Å². The van der Waals surface area contributed by atoms with Crippen LogP contribution in [-0.2, 0) is 5.41 Å². The van der Waals surface area contributed by atoms with Crippen LogP contribution in [0.5, 0.6) is 11.6 Å². The quantitative estimate of drug-likeness (QED) is 0.877. The molecule has 0 saturated heterocycles. The van der Waals surface area contributed by atoms with Gasteiger partial charge < -0.3 is 9.84 Å². The number of halogens is 1. The van der Waals surface area contributed by atoms with E-state index in [4.69, 9.17) is 4.74 Å². The Bertz CT molecular complexity index is 660. The summed E-state index contributed by atoms with van der Waals surface area (Å²) >= 11 is 3.20. The molecule has 1 aromatic carbocycles. The first-order valence-corrected chi connectivity index (χ1v) is 7.24. The lowest BCUT2D eigenvalue weighted by Crippen LogP contribution is -2.10. The van der Waals surface area contributed by atoms with E-state index in [1.807, 2.05) is 24.3 Å². The van der Waals surface area contributed by atoms with Gasteiger partial charge in [0.15, 0.2) is 0 Å². The van der Waals surface area contributed by atoms with Gasteiger partial charge in [0.1, 0.15) is 11.3 Å². The van der Waals surface area contributed by atoms with Crippen molar-refractivity contribution in [2.24, 2.45) is 0 Å². The number of benzene rings is 1. The number of aromatic carboxylic acids is 1. The number of nitrogens with zero attached hydrogens (tertiary/aromatic N) is 1. The summed E-state index contributed by atoms with van der Waals surface area (Å²) in [5.41, 5.74) is 1.25. The van der Waals surface area contributed by atoms with Crippen molar-refractivity contribution in [3.05, 3.63) is 52.1 Å². The van der Waals surface area contributed by atoms with Gasteiger partial charge in [-0.05, 0) is 45.1 Å². The summed E-state index contributed by atoms with van der Waals surface area (Å²) in [5.74, 6) is -0.445. The number of hydrogen-bond acceptors (Lipinski definition) is 3. The highest BCUT2D eigenvalue weighted by Crippen LogP contribution is 2.28. The number of aromatic nitrogens is 1. The maximum atomic E-state index is 11.2. The molecule has 1 aromatic heterocycles. The molecule has 0 bridgehead atoms. The molecule has 2 aromatic rings. The van der Waals surface area contributed by atoms with Crippen LogP contribution in [0.2, 0.25) is 0 Å². The van der Waals surface area contributed by atoms with Crippen LogP contribution in [0.15, 0.2) is 41.0 Å². The fourth-order valence-electron chi connectivity index (χ4n) is 1.80. The summed E-state index contributed by atoms with van der Waals surface area (Å²) in [7, 11) is 0. The molecule has 0 radical (unpaired) electrons. The smallest absolute Gasteiger partial charge is 0.341 e. The highest BCUT2D eigenvalue weighted by molar-refractivity contribution is 9.10. The zero-order valence-electron chi connectivity index (χ0n) is 12.1. The van der Waals surface area contributed by atoms with E-state index in [0.29, 0.717) is 10.2 Å². The fourth-order valence-corrected chi connectivity index (χ4v) is 2.13. The average Bonchev–Trinajstić information content (AvgIpc) is 2.40. The van der Waals surface area contributed by atoms with Crippen molar-refractivity contribution >= 4 is 21.9 Å². The largest absolute Gasteiger partial charge is 0.477 e. The van der Waals surface area contributed by atoms with Crippen LogP contribution >= 0.6 is 15.9 Å². The Kier molecular flexibility index (Phi) is 4.32. The first-order chi connectivity index (χ1) is 9.77. The molecule has 0 amide bonds. The predicted molar refractivity (Wildman–Crippen MR) is 84.1 cm³/mol. The number of rotatable bonds is 3. The van der Waals surface area contributed by atoms with E-state index in [0.717, 1.165) is 0 Å². The number of carboxylic acid groups (broad SMARTS) is 1. The minimum atomic E-state index is -1.08. The van der Waals surface area contributed by atoms with Gasteiger partial charge in [0.05, 0.1) is 0 Å². The topological polar surface area (TPSA) is 59.4 Å². The van der Waals surface area contributed by atoms with Crippen LogP contribution in [0, 0.1) is 0 Å². The molecule has 1 N–H and O–H groups in total.